The molecule has 0 radical (unpaired) electrons. The summed E-state index contributed by atoms with van der Waals surface area (Å²) in [5, 5.41) is 6.47. The van der Waals surface area contributed by atoms with Crippen LogP contribution in [0.5, 0.6) is 0 Å². The topological polar surface area (TPSA) is 45.8 Å². The van der Waals surface area contributed by atoms with Crippen molar-refractivity contribution in [3.63, 3.8) is 0 Å². The first-order valence-corrected chi connectivity index (χ1v) is 5.40. The Kier molecular flexibility index (Phi) is 2.87. The Hall–Kier alpha value is -0.830. The van der Waals surface area contributed by atoms with Gasteiger partial charge in [0.05, 0.1) is 0 Å². The molecule has 1 aliphatic carbocycles. The second-order valence-corrected chi connectivity index (χ2v) is 4.20. The van der Waals surface area contributed by atoms with E-state index in [-0.39, 0.29) is 5.56 Å². The molecule has 0 aromatic carbocycles. The van der Waals surface area contributed by atoms with Crippen LogP contribution in [0.15, 0.2) is 10.9 Å². The summed E-state index contributed by atoms with van der Waals surface area (Å²) in [5.41, 5.74) is 0.728. The van der Waals surface area contributed by atoms with E-state index in [2.05, 4.69) is 10.2 Å². The summed E-state index contributed by atoms with van der Waals surface area (Å²) in [5.74, 6) is 0.382. The third kappa shape index (κ3) is 1.98. The van der Waals surface area contributed by atoms with Crippen LogP contribution in [0.4, 0.5) is 0 Å². The summed E-state index contributed by atoms with van der Waals surface area (Å²) in [6, 6.07) is 1.70. The van der Waals surface area contributed by atoms with Gasteiger partial charge in [0, 0.05) is 5.56 Å². The molecule has 0 bridgehead atoms. The highest BCUT2D eigenvalue weighted by Gasteiger charge is 2.18. The van der Waals surface area contributed by atoms with Crippen molar-refractivity contribution in [3.8, 4) is 0 Å². The number of aromatic amines is 1. The maximum absolute atomic E-state index is 11.5. The average molecular weight is 213 g/mol. The fourth-order valence-corrected chi connectivity index (χ4v) is 2.27. The lowest BCUT2D eigenvalue weighted by Crippen LogP contribution is -2.19. The molecule has 76 valence electrons. The van der Waals surface area contributed by atoms with E-state index in [1.54, 1.807) is 6.07 Å². The average Bonchev–Trinajstić information content (AvgIpc) is 2.23. The molecule has 0 saturated heterocycles. The van der Waals surface area contributed by atoms with Crippen LogP contribution >= 0.6 is 11.6 Å². The van der Waals surface area contributed by atoms with Crippen LogP contribution in [0.2, 0.25) is 5.15 Å². The number of nitrogens with zero attached hydrogens (tertiary/aromatic N) is 1. The van der Waals surface area contributed by atoms with Crippen LogP contribution in [0.1, 0.15) is 43.6 Å². The van der Waals surface area contributed by atoms with Gasteiger partial charge in [0.15, 0.2) is 0 Å². The molecular weight excluding hydrogens is 200 g/mol. The SMILES string of the molecule is O=c1[nH]nc(Cl)cc1C1CCCCC1. The van der Waals surface area contributed by atoms with Crippen molar-refractivity contribution in [1.29, 1.82) is 0 Å². The van der Waals surface area contributed by atoms with Gasteiger partial charge < -0.3 is 0 Å². The highest BCUT2D eigenvalue weighted by molar-refractivity contribution is 6.29. The lowest BCUT2D eigenvalue weighted by molar-refractivity contribution is 0.440. The molecule has 0 aliphatic heterocycles. The summed E-state index contributed by atoms with van der Waals surface area (Å²) < 4.78 is 0. The van der Waals surface area contributed by atoms with Gasteiger partial charge >= 0.3 is 0 Å². The minimum Gasteiger partial charge on any atom is -0.268 e. The Morgan fingerprint density at radius 2 is 2.07 bits per heavy atom. The van der Waals surface area contributed by atoms with Gasteiger partial charge in [0.25, 0.3) is 5.56 Å². The first-order chi connectivity index (χ1) is 6.77. The number of rotatable bonds is 1. The first-order valence-electron chi connectivity index (χ1n) is 5.02. The van der Waals surface area contributed by atoms with Crippen molar-refractivity contribution in [2.45, 2.75) is 38.0 Å². The molecule has 3 nitrogen and oxygen atoms in total. The molecule has 1 heterocycles. The largest absolute Gasteiger partial charge is 0.268 e. The van der Waals surface area contributed by atoms with E-state index >= 15 is 0 Å². The molecule has 4 heteroatoms. The Morgan fingerprint density at radius 1 is 1.36 bits per heavy atom. The monoisotopic (exact) mass is 212 g/mol. The van der Waals surface area contributed by atoms with Crippen molar-refractivity contribution in [2.24, 2.45) is 0 Å². The second-order valence-electron chi connectivity index (χ2n) is 3.81. The smallest absolute Gasteiger partial charge is 0.267 e. The highest BCUT2D eigenvalue weighted by atomic mass is 35.5. The molecular formula is C10H13ClN2O. The Labute approximate surface area is 87.5 Å². The maximum Gasteiger partial charge on any atom is 0.267 e. The number of hydrogen-bond acceptors (Lipinski definition) is 2. The molecule has 1 saturated carbocycles. The van der Waals surface area contributed by atoms with Crippen LogP contribution in [0, 0.1) is 0 Å². The summed E-state index contributed by atoms with van der Waals surface area (Å²) in [7, 11) is 0. The van der Waals surface area contributed by atoms with Crippen LogP contribution in [0.3, 0.4) is 0 Å². The van der Waals surface area contributed by atoms with Crippen LogP contribution in [-0.2, 0) is 0 Å². The van der Waals surface area contributed by atoms with Gasteiger partial charge in [-0.05, 0) is 24.8 Å². The van der Waals surface area contributed by atoms with Gasteiger partial charge in [-0.2, -0.15) is 5.10 Å². The molecule has 1 N–H and O–H groups in total. The minimum atomic E-state index is -0.0821. The van der Waals surface area contributed by atoms with Crippen LogP contribution in [-0.4, -0.2) is 10.2 Å². The Morgan fingerprint density at radius 3 is 2.79 bits per heavy atom. The molecule has 1 aromatic heterocycles. The lowest BCUT2D eigenvalue weighted by atomic mass is 9.85. The predicted molar refractivity (Wildman–Crippen MR) is 55.7 cm³/mol. The predicted octanol–water partition coefficient (Wildman–Crippen LogP) is 2.47. The Bertz CT molecular complexity index is 369. The second kappa shape index (κ2) is 4.13. The lowest BCUT2D eigenvalue weighted by Gasteiger charge is -2.20. The number of hydrogen-bond donors (Lipinski definition) is 1. The van der Waals surface area contributed by atoms with E-state index in [0.29, 0.717) is 11.1 Å². The van der Waals surface area contributed by atoms with E-state index in [1.165, 1.54) is 19.3 Å². The summed E-state index contributed by atoms with van der Waals surface area (Å²) in [6.07, 6.45) is 5.91. The molecule has 0 spiro atoms. The van der Waals surface area contributed by atoms with Gasteiger partial charge in [-0.15, -0.1) is 0 Å². The number of nitrogens with one attached hydrogen (secondary N) is 1. The zero-order chi connectivity index (χ0) is 9.97. The highest BCUT2D eigenvalue weighted by Crippen LogP contribution is 2.31. The van der Waals surface area contributed by atoms with Crippen LogP contribution < -0.4 is 5.56 Å². The van der Waals surface area contributed by atoms with Gasteiger partial charge in [0.1, 0.15) is 5.15 Å². The van der Waals surface area contributed by atoms with Gasteiger partial charge in [-0.25, -0.2) is 5.10 Å². The third-order valence-corrected chi connectivity index (χ3v) is 3.04. The summed E-state index contributed by atoms with van der Waals surface area (Å²) >= 11 is 5.75. The molecule has 1 aromatic rings. The van der Waals surface area contributed by atoms with Gasteiger partial charge in [-0.1, -0.05) is 30.9 Å². The van der Waals surface area contributed by atoms with Crippen LogP contribution in [0.25, 0.3) is 0 Å². The molecule has 1 aliphatic rings. The van der Waals surface area contributed by atoms with E-state index in [9.17, 15) is 4.79 Å². The van der Waals surface area contributed by atoms with Crippen molar-refractivity contribution in [3.05, 3.63) is 27.1 Å². The van der Waals surface area contributed by atoms with Gasteiger partial charge in [-0.3, -0.25) is 4.79 Å². The maximum atomic E-state index is 11.5. The standard InChI is InChI=1S/C10H13ClN2O/c11-9-6-8(10(14)13-12-9)7-4-2-1-3-5-7/h6-7H,1-5H2,(H,13,14). The van der Waals surface area contributed by atoms with E-state index < -0.39 is 0 Å². The summed E-state index contributed by atoms with van der Waals surface area (Å²) in [6.45, 7) is 0. The zero-order valence-corrected chi connectivity index (χ0v) is 8.68. The number of H-pyrrole nitrogens is 1. The molecule has 1 fully saturated rings. The fraction of sp³-hybridized carbons (Fsp3) is 0.600. The van der Waals surface area contributed by atoms with E-state index in [4.69, 9.17) is 11.6 Å². The van der Waals surface area contributed by atoms with Crippen molar-refractivity contribution < 1.29 is 0 Å². The summed E-state index contributed by atoms with van der Waals surface area (Å²) in [4.78, 5) is 11.5. The normalized spacial score (nSPS) is 18.4. The van der Waals surface area contributed by atoms with E-state index in [0.717, 1.165) is 18.4 Å². The molecule has 0 unspecified atom stereocenters. The Balaban J connectivity index is 2.29. The number of halogens is 1. The zero-order valence-electron chi connectivity index (χ0n) is 7.92. The first kappa shape index (κ1) is 9.71. The quantitative estimate of drug-likeness (QED) is 0.778. The number of aromatic nitrogens is 2. The molecule has 0 amide bonds. The third-order valence-electron chi connectivity index (χ3n) is 2.85. The van der Waals surface area contributed by atoms with Gasteiger partial charge in [0.2, 0.25) is 0 Å². The molecule has 2 rings (SSSR count). The molecule has 0 atom stereocenters. The van der Waals surface area contributed by atoms with Crippen molar-refractivity contribution in [2.75, 3.05) is 0 Å². The van der Waals surface area contributed by atoms with Crippen molar-refractivity contribution in [1.82, 2.24) is 10.2 Å². The van der Waals surface area contributed by atoms with E-state index in [1.807, 2.05) is 0 Å². The van der Waals surface area contributed by atoms with Crippen molar-refractivity contribution >= 4 is 11.6 Å². The minimum absolute atomic E-state index is 0.0821. The fourth-order valence-electron chi connectivity index (χ4n) is 2.11. The molecule has 14 heavy (non-hydrogen) atoms.